The summed E-state index contributed by atoms with van der Waals surface area (Å²) in [4.78, 5) is 0. The second kappa shape index (κ2) is 5.66. The lowest BCUT2D eigenvalue weighted by Crippen LogP contribution is -2.19. The van der Waals surface area contributed by atoms with Gasteiger partial charge in [0.05, 0.1) is 5.69 Å². The van der Waals surface area contributed by atoms with Gasteiger partial charge in [-0.15, -0.1) is 0 Å². The Bertz CT molecular complexity index is 575. The minimum Gasteiger partial charge on any atom is -0.310 e. The number of rotatable bonds is 4. The third kappa shape index (κ3) is 3.01. The lowest BCUT2D eigenvalue weighted by molar-refractivity contribution is -0.141. The summed E-state index contributed by atoms with van der Waals surface area (Å²) >= 11 is 0. The van der Waals surface area contributed by atoms with Crippen molar-refractivity contribution in [1.82, 2.24) is 15.1 Å². The fourth-order valence-electron chi connectivity index (χ4n) is 2.09. The number of hydrogen-bond donors (Lipinski definition) is 1. The van der Waals surface area contributed by atoms with Crippen LogP contribution in [0.15, 0.2) is 36.5 Å². The van der Waals surface area contributed by atoms with Gasteiger partial charge in [0, 0.05) is 12.2 Å². The molecule has 1 heterocycles. The molecule has 0 spiro atoms. The second-order valence-electron chi connectivity index (χ2n) is 4.48. The summed E-state index contributed by atoms with van der Waals surface area (Å²) in [5.74, 6) is 0. The predicted octanol–water partition coefficient (Wildman–Crippen LogP) is 3.56. The average Bonchev–Trinajstić information content (AvgIpc) is 2.88. The SMILES string of the molecule is CCNC(C)c1ccccc1-n1ccc(C(F)(F)F)n1. The lowest BCUT2D eigenvalue weighted by atomic mass is 10.1. The molecule has 0 radical (unpaired) electrons. The standard InChI is InChI=1S/C14H16F3N3/c1-3-18-10(2)11-6-4-5-7-12(11)20-9-8-13(19-20)14(15,16)17/h4-10,18H,3H2,1-2H3. The molecule has 0 saturated carbocycles. The molecule has 0 aliphatic heterocycles. The highest BCUT2D eigenvalue weighted by molar-refractivity contribution is 5.42. The topological polar surface area (TPSA) is 29.9 Å². The third-order valence-corrected chi connectivity index (χ3v) is 3.04. The molecule has 3 nitrogen and oxygen atoms in total. The highest BCUT2D eigenvalue weighted by Crippen LogP contribution is 2.29. The van der Waals surface area contributed by atoms with Gasteiger partial charge in [0.15, 0.2) is 5.69 Å². The van der Waals surface area contributed by atoms with E-state index in [1.54, 1.807) is 12.1 Å². The summed E-state index contributed by atoms with van der Waals surface area (Å²) in [7, 11) is 0. The second-order valence-corrected chi connectivity index (χ2v) is 4.48. The Labute approximate surface area is 115 Å². The molecule has 0 fully saturated rings. The van der Waals surface area contributed by atoms with Gasteiger partial charge in [0.2, 0.25) is 0 Å². The maximum Gasteiger partial charge on any atom is 0.435 e. The molecule has 20 heavy (non-hydrogen) atoms. The van der Waals surface area contributed by atoms with Crippen molar-refractivity contribution in [2.75, 3.05) is 6.54 Å². The fourth-order valence-corrected chi connectivity index (χ4v) is 2.09. The van der Waals surface area contributed by atoms with Gasteiger partial charge in [-0.25, -0.2) is 4.68 Å². The predicted molar refractivity (Wildman–Crippen MR) is 70.7 cm³/mol. The van der Waals surface area contributed by atoms with E-state index >= 15 is 0 Å². The minimum absolute atomic E-state index is 0.0368. The van der Waals surface area contributed by atoms with Gasteiger partial charge in [0.1, 0.15) is 0 Å². The van der Waals surface area contributed by atoms with Crippen molar-refractivity contribution in [1.29, 1.82) is 0 Å². The van der Waals surface area contributed by atoms with Crippen LogP contribution in [0.1, 0.15) is 31.1 Å². The molecular formula is C14H16F3N3. The van der Waals surface area contributed by atoms with Crippen molar-refractivity contribution in [3.05, 3.63) is 47.8 Å². The summed E-state index contributed by atoms with van der Waals surface area (Å²) in [5, 5.41) is 6.86. The van der Waals surface area contributed by atoms with Crippen LogP contribution >= 0.6 is 0 Å². The summed E-state index contributed by atoms with van der Waals surface area (Å²) < 4.78 is 39.1. The van der Waals surface area contributed by atoms with Crippen molar-refractivity contribution < 1.29 is 13.2 Å². The first-order valence-corrected chi connectivity index (χ1v) is 6.39. The quantitative estimate of drug-likeness (QED) is 0.929. The van der Waals surface area contributed by atoms with Crippen LogP contribution in [0.3, 0.4) is 0 Å². The van der Waals surface area contributed by atoms with Crippen LogP contribution in [0.4, 0.5) is 13.2 Å². The molecule has 1 aromatic heterocycles. The van der Waals surface area contributed by atoms with Crippen LogP contribution in [-0.4, -0.2) is 16.3 Å². The Morgan fingerprint density at radius 1 is 1.25 bits per heavy atom. The number of nitrogens with zero attached hydrogens (tertiary/aromatic N) is 2. The monoisotopic (exact) mass is 283 g/mol. The molecular weight excluding hydrogens is 267 g/mol. The Kier molecular flexibility index (Phi) is 4.13. The first kappa shape index (κ1) is 14.6. The summed E-state index contributed by atoms with van der Waals surface area (Å²) in [6.45, 7) is 4.73. The van der Waals surface area contributed by atoms with Crippen LogP contribution < -0.4 is 5.32 Å². The van der Waals surface area contributed by atoms with Crippen LogP contribution in [0.5, 0.6) is 0 Å². The molecule has 0 bridgehead atoms. The maximum absolute atomic E-state index is 12.6. The summed E-state index contributed by atoms with van der Waals surface area (Å²) in [6, 6.07) is 8.31. The summed E-state index contributed by atoms with van der Waals surface area (Å²) in [5.41, 5.74) is 0.672. The van der Waals surface area contributed by atoms with Crippen molar-refractivity contribution >= 4 is 0 Å². The smallest absolute Gasteiger partial charge is 0.310 e. The number of para-hydroxylation sites is 1. The van der Waals surface area contributed by atoms with Crippen molar-refractivity contribution in [2.24, 2.45) is 0 Å². The number of hydrogen-bond acceptors (Lipinski definition) is 2. The number of benzene rings is 1. The van der Waals surface area contributed by atoms with Gasteiger partial charge in [-0.05, 0) is 31.2 Å². The van der Waals surface area contributed by atoms with E-state index in [0.29, 0.717) is 5.69 Å². The zero-order valence-corrected chi connectivity index (χ0v) is 11.3. The van der Waals surface area contributed by atoms with E-state index in [2.05, 4.69) is 10.4 Å². The van der Waals surface area contributed by atoms with Crippen LogP contribution in [-0.2, 0) is 6.18 Å². The number of aromatic nitrogens is 2. The van der Waals surface area contributed by atoms with Crippen LogP contribution in [0.2, 0.25) is 0 Å². The fraction of sp³-hybridized carbons (Fsp3) is 0.357. The van der Waals surface area contributed by atoms with Crippen molar-refractivity contribution in [3.8, 4) is 5.69 Å². The lowest BCUT2D eigenvalue weighted by Gasteiger charge is -2.17. The first-order chi connectivity index (χ1) is 9.43. The molecule has 1 aromatic carbocycles. The Balaban J connectivity index is 2.40. The zero-order chi connectivity index (χ0) is 14.8. The van der Waals surface area contributed by atoms with E-state index in [1.807, 2.05) is 26.0 Å². The van der Waals surface area contributed by atoms with Gasteiger partial charge in [-0.2, -0.15) is 18.3 Å². The maximum atomic E-state index is 12.6. The van der Waals surface area contributed by atoms with E-state index in [1.165, 1.54) is 10.9 Å². The van der Waals surface area contributed by atoms with Crippen molar-refractivity contribution in [2.45, 2.75) is 26.1 Å². The molecule has 2 aromatic rings. The normalized spacial score (nSPS) is 13.4. The molecule has 6 heteroatoms. The average molecular weight is 283 g/mol. The number of nitrogens with one attached hydrogen (secondary N) is 1. The molecule has 1 atom stereocenters. The van der Waals surface area contributed by atoms with E-state index in [-0.39, 0.29) is 6.04 Å². The first-order valence-electron chi connectivity index (χ1n) is 6.39. The van der Waals surface area contributed by atoms with E-state index in [9.17, 15) is 13.2 Å². The molecule has 1 unspecified atom stereocenters. The highest BCUT2D eigenvalue weighted by atomic mass is 19.4. The number of alkyl halides is 3. The van der Waals surface area contributed by atoms with Gasteiger partial charge in [-0.1, -0.05) is 25.1 Å². The largest absolute Gasteiger partial charge is 0.435 e. The highest BCUT2D eigenvalue weighted by Gasteiger charge is 2.33. The van der Waals surface area contributed by atoms with Gasteiger partial charge < -0.3 is 5.32 Å². The summed E-state index contributed by atoms with van der Waals surface area (Å²) in [6.07, 6.45) is -3.09. The van der Waals surface area contributed by atoms with Crippen molar-refractivity contribution in [3.63, 3.8) is 0 Å². The number of halogens is 3. The Morgan fingerprint density at radius 2 is 1.95 bits per heavy atom. The van der Waals surface area contributed by atoms with E-state index < -0.39 is 11.9 Å². The molecule has 2 rings (SSSR count). The molecule has 0 saturated heterocycles. The molecule has 0 amide bonds. The third-order valence-electron chi connectivity index (χ3n) is 3.04. The van der Waals surface area contributed by atoms with E-state index in [4.69, 9.17) is 0 Å². The molecule has 0 aliphatic carbocycles. The Morgan fingerprint density at radius 3 is 2.55 bits per heavy atom. The van der Waals surface area contributed by atoms with Gasteiger partial charge >= 0.3 is 6.18 Å². The molecule has 108 valence electrons. The van der Waals surface area contributed by atoms with Gasteiger partial charge in [0.25, 0.3) is 0 Å². The molecule has 0 aliphatic rings. The van der Waals surface area contributed by atoms with Gasteiger partial charge in [-0.3, -0.25) is 0 Å². The van der Waals surface area contributed by atoms with Crippen LogP contribution in [0.25, 0.3) is 5.69 Å². The van der Waals surface area contributed by atoms with E-state index in [0.717, 1.165) is 18.2 Å². The minimum atomic E-state index is -4.42. The molecule has 1 N–H and O–H groups in total. The zero-order valence-electron chi connectivity index (χ0n) is 11.3. The van der Waals surface area contributed by atoms with Crippen LogP contribution in [0, 0.1) is 0 Å². The Hall–Kier alpha value is -1.82.